The van der Waals surface area contributed by atoms with Crippen LogP contribution in [0.25, 0.3) is 28.2 Å². The molecule has 0 saturated carbocycles. The summed E-state index contributed by atoms with van der Waals surface area (Å²) in [6.07, 6.45) is 5.53. The summed E-state index contributed by atoms with van der Waals surface area (Å²) in [6, 6.07) is 19.7. The predicted molar refractivity (Wildman–Crippen MR) is 122 cm³/mol. The van der Waals surface area contributed by atoms with Gasteiger partial charge in [-0.25, -0.2) is 4.98 Å². The second kappa shape index (κ2) is 7.57. The number of pyridine rings is 1. The van der Waals surface area contributed by atoms with Gasteiger partial charge in [-0.1, -0.05) is 35.9 Å². The first-order chi connectivity index (χ1) is 15.1. The minimum absolute atomic E-state index is 0.123. The number of carbonyl (C=O) groups excluding carboxylic acids is 1. The Bertz CT molecular complexity index is 1380. The van der Waals surface area contributed by atoms with Gasteiger partial charge in [-0.15, -0.1) is 0 Å². The third-order valence-electron chi connectivity index (χ3n) is 5.42. The summed E-state index contributed by atoms with van der Waals surface area (Å²) in [5.74, 6) is 0.667. The van der Waals surface area contributed by atoms with Gasteiger partial charge in [-0.3, -0.25) is 14.3 Å². The molecule has 0 saturated heterocycles. The molecule has 0 atom stereocenters. The number of nitrogens with zero attached hydrogens (tertiary/aromatic N) is 3. The van der Waals surface area contributed by atoms with Crippen LogP contribution in [0, 0.1) is 13.8 Å². The van der Waals surface area contributed by atoms with Crippen molar-refractivity contribution >= 4 is 17.1 Å². The lowest BCUT2D eigenvalue weighted by Gasteiger charge is -2.11. The molecular weight excluding hydrogens is 386 g/mol. The number of aromatic nitrogens is 4. The Hall–Kier alpha value is -4.19. The van der Waals surface area contributed by atoms with E-state index in [1.807, 2.05) is 91.3 Å². The van der Waals surface area contributed by atoms with E-state index in [1.165, 1.54) is 0 Å². The number of anilines is 1. The van der Waals surface area contributed by atoms with Crippen LogP contribution in [0.3, 0.4) is 0 Å². The van der Waals surface area contributed by atoms with Crippen LogP contribution < -0.4 is 5.32 Å². The Labute approximate surface area is 179 Å². The normalized spacial score (nSPS) is 11.0. The maximum absolute atomic E-state index is 13.0. The minimum atomic E-state index is -0.123. The summed E-state index contributed by atoms with van der Waals surface area (Å²) in [7, 11) is 0. The second-order valence-corrected chi connectivity index (χ2v) is 7.58. The van der Waals surface area contributed by atoms with Crippen molar-refractivity contribution in [1.82, 2.24) is 19.6 Å². The highest BCUT2D eigenvalue weighted by Crippen LogP contribution is 2.29. The van der Waals surface area contributed by atoms with Gasteiger partial charge in [0.2, 0.25) is 0 Å². The fraction of sp³-hybridized carbons (Fsp3) is 0.0800. The molecule has 3 heterocycles. The predicted octanol–water partition coefficient (Wildman–Crippen LogP) is 5.26. The van der Waals surface area contributed by atoms with Crippen molar-refractivity contribution in [3.63, 3.8) is 0 Å². The molecule has 2 N–H and O–H groups in total. The maximum Gasteiger partial charge on any atom is 0.255 e. The number of benzene rings is 2. The lowest BCUT2D eigenvalue weighted by atomic mass is 9.99. The van der Waals surface area contributed by atoms with Gasteiger partial charge in [-0.2, -0.15) is 5.10 Å². The Morgan fingerprint density at radius 3 is 2.65 bits per heavy atom. The molecule has 0 fully saturated rings. The third kappa shape index (κ3) is 3.48. The van der Waals surface area contributed by atoms with Gasteiger partial charge in [0.15, 0.2) is 5.82 Å². The molecule has 5 rings (SSSR count). The third-order valence-corrected chi connectivity index (χ3v) is 5.42. The zero-order chi connectivity index (χ0) is 21.4. The first-order valence-electron chi connectivity index (χ1n) is 10.0. The summed E-state index contributed by atoms with van der Waals surface area (Å²) in [6.45, 7) is 3.97. The van der Waals surface area contributed by atoms with Crippen LogP contribution in [-0.2, 0) is 0 Å². The molecule has 5 aromatic rings. The fourth-order valence-electron chi connectivity index (χ4n) is 3.72. The van der Waals surface area contributed by atoms with Crippen molar-refractivity contribution < 1.29 is 4.79 Å². The molecule has 0 spiro atoms. The topological polar surface area (TPSA) is 75.1 Å². The SMILES string of the molecule is Cc1ccc(NC(=O)c2cc(-c3cccn4c(-c5ccn[nH]5)ncc34)ccc2C)cc1. The molecule has 6 heteroatoms. The molecule has 0 radical (unpaired) electrons. The highest BCUT2D eigenvalue weighted by molar-refractivity contribution is 6.06. The molecule has 0 bridgehead atoms. The number of aryl methyl sites for hydroxylation is 2. The Morgan fingerprint density at radius 2 is 1.87 bits per heavy atom. The van der Waals surface area contributed by atoms with Crippen LogP contribution in [0.15, 0.2) is 79.3 Å². The van der Waals surface area contributed by atoms with E-state index in [0.29, 0.717) is 5.56 Å². The number of nitrogens with one attached hydrogen (secondary N) is 2. The molecule has 3 aromatic heterocycles. The largest absolute Gasteiger partial charge is 0.322 e. The summed E-state index contributed by atoms with van der Waals surface area (Å²) >= 11 is 0. The lowest BCUT2D eigenvalue weighted by Crippen LogP contribution is -2.13. The van der Waals surface area contributed by atoms with Crippen molar-refractivity contribution in [3.8, 4) is 22.6 Å². The first-order valence-corrected chi connectivity index (χ1v) is 10.0. The van der Waals surface area contributed by atoms with Gasteiger partial charge < -0.3 is 5.32 Å². The zero-order valence-electron chi connectivity index (χ0n) is 17.3. The van der Waals surface area contributed by atoms with Gasteiger partial charge in [-0.05, 0) is 55.3 Å². The number of H-pyrrole nitrogens is 1. The Morgan fingerprint density at radius 1 is 1.03 bits per heavy atom. The molecule has 0 unspecified atom stereocenters. The van der Waals surface area contributed by atoms with Crippen molar-refractivity contribution in [1.29, 1.82) is 0 Å². The molecule has 0 aliphatic carbocycles. The van der Waals surface area contributed by atoms with Crippen LogP contribution >= 0.6 is 0 Å². The zero-order valence-corrected chi connectivity index (χ0v) is 17.3. The summed E-state index contributed by atoms with van der Waals surface area (Å²) in [5, 5.41) is 9.98. The number of hydrogen-bond acceptors (Lipinski definition) is 3. The van der Waals surface area contributed by atoms with Crippen molar-refractivity contribution in [3.05, 3.63) is 95.9 Å². The Kier molecular flexibility index (Phi) is 4.59. The maximum atomic E-state index is 13.0. The van der Waals surface area contributed by atoms with Crippen LogP contribution in [0.5, 0.6) is 0 Å². The number of rotatable bonds is 4. The molecule has 0 aliphatic heterocycles. The van der Waals surface area contributed by atoms with E-state index in [9.17, 15) is 4.79 Å². The highest BCUT2D eigenvalue weighted by atomic mass is 16.1. The summed E-state index contributed by atoms with van der Waals surface area (Å²) in [5.41, 5.74) is 7.27. The number of imidazole rings is 1. The highest BCUT2D eigenvalue weighted by Gasteiger charge is 2.15. The van der Waals surface area contributed by atoms with Crippen molar-refractivity contribution in [2.75, 3.05) is 5.32 Å². The van der Waals surface area contributed by atoms with Crippen LogP contribution in [-0.4, -0.2) is 25.5 Å². The van der Waals surface area contributed by atoms with E-state index in [-0.39, 0.29) is 5.91 Å². The van der Waals surface area contributed by atoms with Gasteiger partial charge in [0.1, 0.15) is 5.69 Å². The van der Waals surface area contributed by atoms with E-state index in [0.717, 1.165) is 45.0 Å². The standard InChI is InChI=1S/C25H21N5O/c1-16-5-9-19(10-6-16)28-25(31)21-14-18(8-7-17(21)2)20-4-3-13-30-23(20)15-26-24(30)22-11-12-27-29-22/h3-15H,1-2H3,(H,27,29)(H,28,31). The Balaban J connectivity index is 1.54. The first kappa shape index (κ1) is 18.8. The quantitative estimate of drug-likeness (QED) is 0.427. The van der Waals surface area contributed by atoms with Crippen LogP contribution in [0.1, 0.15) is 21.5 Å². The van der Waals surface area contributed by atoms with Gasteiger partial charge >= 0.3 is 0 Å². The van der Waals surface area contributed by atoms with Crippen LogP contribution in [0.4, 0.5) is 5.69 Å². The molecule has 6 nitrogen and oxygen atoms in total. The summed E-state index contributed by atoms with van der Waals surface area (Å²) < 4.78 is 2.02. The van der Waals surface area contributed by atoms with E-state index >= 15 is 0 Å². The molecule has 31 heavy (non-hydrogen) atoms. The van der Waals surface area contributed by atoms with Crippen molar-refractivity contribution in [2.24, 2.45) is 0 Å². The second-order valence-electron chi connectivity index (χ2n) is 7.58. The number of amides is 1. The monoisotopic (exact) mass is 407 g/mol. The van der Waals surface area contributed by atoms with Gasteiger partial charge in [0.25, 0.3) is 5.91 Å². The summed E-state index contributed by atoms with van der Waals surface area (Å²) in [4.78, 5) is 17.6. The van der Waals surface area contributed by atoms with E-state index in [2.05, 4.69) is 20.5 Å². The van der Waals surface area contributed by atoms with Gasteiger partial charge in [0, 0.05) is 29.2 Å². The van der Waals surface area contributed by atoms with Gasteiger partial charge in [0.05, 0.1) is 11.7 Å². The number of carbonyl (C=O) groups is 1. The number of hydrogen-bond donors (Lipinski definition) is 2. The molecular formula is C25H21N5O. The lowest BCUT2D eigenvalue weighted by molar-refractivity contribution is 0.102. The average Bonchev–Trinajstić information content (AvgIpc) is 3.45. The van der Waals surface area contributed by atoms with Crippen LogP contribution in [0.2, 0.25) is 0 Å². The minimum Gasteiger partial charge on any atom is -0.322 e. The van der Waals surface area contributed by atoms with Crippen molar-refractivity contribution in [2.45, 2.75) is 13.8 Å². The van der Waals surface area contributed by atoms with E-state index < -0.39 is 0 Å². The number of aromatic amines is 1. The van der Waals surface area contributed by atoms with E-state index in [4.69, 9.17) is 0 Å². The molecule has 1 amide bonds. The molecule has 152 valence electrons. The number of fused-ring (bicyclic) bond motifs is 1. The molecule has 0 aliphatic rings. The smallest absolute Gasteiger partial charge is 0.255 e. The van der Waals surface area contributed by atoms with E-state index in [1.54, 1.807) is 6.20 Å². The molecule has 2 aromatic carbocycles. The average molecular weight is 407 g/mol. The fourth-order valence-corrected chi connectivity index (χ4v) is 3.72.